The molecule has 1 heterocycles. The second-order valence-electron chi connectivity index (χ2n) is 6.05. The zero-order valence-corrected chi connectivity index (χ0v) is 13.6. The van der Waals surface area contributed by atoms with Crippen molar-refractivity contribution in [1.29, 1.82) is 0 Å². The van der Waals surface area contributed by atoms with Gasteiger partial charge in [-0.25, -0.2) is 4.39 Å². The summed E-state index contributed by atoms with van der Waals surface area (Å²) in [6.45, 7) is 5.44. The Morgan fingerprint density at radius 2 is 2.27 bits per heavy atom. The molecule has 0 aromatic heterocycles. The fourth-order valence-corrected chi connectivity index (χ4v) is 2.80. The van der Waals surface area contributed by atoms with E-state index in [-0.39, 0.29) is 17.0 Å². The summed E-state index contributed by atoms with van der Waals surface area (Å²) in [5, 5.41) is 0.0565. The average Bonchev–Trinajstić information content (AvgIpc) is 2.48. The summed E-state index contributed by atoms with van der Waals surface area (Å²) < 4.78 is 18.9. The van der Waals surface area contributed by atoms with E-state index in [0.717, 1.165) is 5.56 Å². The van der Waals surface area contributed by atoms with Crippen molar-refractivity contribution in [3.63, 3.8) is 0 Å². The Morgan fingerprint density at radius 3 is 2.91 bits per heavy atom. The van der Waals surface area contributed by atoms with Gasteiger partial charge in [0.15, 0.2) is 0 Å². The molecule has 0 bridgehead atoms. The van der Waals surface area contributed by atoms with E-state index in [1.807, 2.05) is 13.8 Å². The normalized spacial score (nSPS) is 20.3. The van der Waals surface area contributed by atoms with Gasteiger partial charge in [0, 0.05) is 6.54 Å². The molecule has 2 N–H and O–H groups in total. The Labute approximate surface area is 135 Å². The van der Waals surface area contributed by atoms with E-state index in [4.69, 9.17) is 22.1 Å². The highest BCUT2D eigenvalue weighted by atomic mass is 35.5. The number of amides is 1. The van der Waals surface area contributed by atoms with E-state index >= 15 is 0 Å². The van der Waals surface area contributed by atoms with Crippen LogP contribution in [0, 0.1) is 11.7 Å². The molecule has 0 aliphatic carbocycles. The molecule has 1 unspecified atom stereocenters. The number of hydrogen-bond donors (Lipinski definition) is 1. The molecule has 22 heavy (non-hydrogen) atoms. The molecule has 4 nitrogen and oxygen atoms in total. The van der Waals surface area contributed by atoms with Crippen LogP contribution in [0.1, 0.15) is 31.9 Å². The first-order valence-corrected chi connectivity index (χ1v) is 7.87. The number of nitrogens with zero attached hydrogens (tertiary/aromatic N) is 1. The van der Waals surface area contributed by atoms with Crippen LogP contribution in [0.5, 0.6) is 0 Å². The number of carbonyl (C=O) groups excluding carboxylic acids is 1. The van der Waals surface area contributed by atoms with Crippen LogP contribution in [0.4, 0.5) is 4.39 Å². The van der Waals surface area contributed by atoms with Gasteiger partial charge in [0.2, 0.25) is 5.91 Å². The summed E-state index contributed by atoms with van der Waals surface area (Å²) in [5.74, 6) is -0.157. The van der Waals surface area contributed by atoms with Gasteiger partial charge in [-0.05, 0) is 30.0 Å². The Bertz CT molecular complexity index is 539. The van der Waals surface area contributed by atoms with Crippen LogP contribution in [0.25, 0.3) is 0 Å². The number of nitrogens with two attached hydrogens (primary N) is 1. The second-order valence-corrected chi connectivity index (χ2v) is 6.46. The zero-order valence-electron chi connectivity index (χ0n) is 12.9. The third-order valence-corrected chi connectivity index (χ3v) is 4.03. The Morgan fingerprint density at radius 1 is 1.55 bits per heavy atom. The molecule has 1 saturated heterocycles. The van der Waals surface area contributed by atoms with Crippen LogP contribution in [0.2, 0.25) is 5.02 Å². The second kappa shape index (κ2) is 7.40. The molecule has 0 saturated carbocycles. The third-order valence-electron chi connectivity index (χ3n) is 3.74. The predicted octanol–water partition coefficient (Wildman–Crippen LogP) is 2.75. The van der Waals surface area contributed by atoms with Gasteiger partial charge in [-0.3, -0.25) is 4.79 Å². The lowest BCUT2D eigenvalue weighted by atomic mass is 10.0. The third kappa shape index (κ3) is 4.18. The highest BCUT2D eigenvalue weighted by Gasteiger charge is 2.29. The minimum atomic E-state index is -0.490. The summed E-state index contributed by atoms with van der Waals surface area (Å²) in [5.41, 5.74) is 6.74. The number of rotatable bonds is 4. The summed E-state index contributed by atoms with van der Waals surface area (Å²) in [7, 11) is 0. The molecule has 1 aromatic carbocycles. The first-order chi connectivity index (χ1) is 10.4. The fraction of sp³-hybridized carbons (Fsp3) is 0.562. The molecular formula is C16H22ClFN2O2. The molecule has 0 radical (unpaired) electrons. The highest BCUT2D eigenvalue weighted by Crippen LogP contribution is 2.26. The summed E-state index contributed by atoms with van der Waals surface area (Å²) in [6, 6.07) is 4.00. The minimum Gasteiger partial charge on any atom is -0.370 e. The van der Waals surface area contributed by atoms with Crippen molar-refractivity contribution in [1.82, 2.24) is 4.90 Å². The van der Waals surface area contributed by atoms with Gasteiger partial charge in [0.25, 0.3) is 0 Å². The molecule has 1 fully saturated rings. The quantitative estimate of drug-likeness (QED) is 0.924. The van der Waals surface area contributed by atoms with Gasteiger partial charge in [0.05, 0.1) is 24.2 Å². The molecule has 2 rings (SSSR count). The fourth-order valence-electron chi connectivity index (χ4n) is 2.61. The van der Waals surface area contributed by atoms with Crippen LogP contribution in [-0.2, 0) is 9.53 Å². The molecule has 1 aliphatic heterocycles. The Kier molecular flexibility index (Phi) is 5.78. The largest absolute Gasteiger partial charge is 0.370 e. The molecule has 0 spiro atoms. The van der Waals surface area contributed by atoms with Crippen LogP contribution in [0.3, 0.4) is 0 Å². The van der Waals surface area contributed by atoms with Gasteiger partial charge in [-0.1, -0.05) is 31.5 Å². The van der Waals surface area contributed by atoms with Crippen molar-refractivity contribution in [3.05, 3.63) is 34.6 Å². The maximum atomic E-state index is 13.2. The van der Waals surface area contributed by atoms with E-state index in [9.17, 15) is 9.18 Å². The molecular weight excluding hydrogens is 307 g/mol. The zero-order chi connectivity index (χ0) is 16.3. The van der Waals surface area contributed by atoms with E-state index < -0.39 is 11.9 Å². The lowest BCUT2D eigenvalue weighted by molar-refractivity contribution is -0.140. The first-order valence-electron chi connectivity index (χ1n) is 7.49. The van der Waals surface area contributed by atoms with Crippen LogP contribution < -0.4 is 5.73 Å². The van der Waals surface area contributed by atoms with Crippen molar-refractivity contribution in [2.24, 2.45) is 11.7 Å². The molecule has 1 amide bonds. The van der Waals surface area contributed by atoms with E-state index in [0.29, 0.717) is 32.0 Å². The van der Waals surface area contributed by atoms with Crippen molar-refractivity contribution in [2.75, 3.05) is 19.7 Å². The van der Waals surface area contributed by atoms with Crippen LogP contribution in [-0.4, -0.2) is 36.5 Å². The number of hydrogen-bond acceptors (Lipinski definition) is 3. The average molecular weight is 329 g/mol. The number of morpholine rings is 1. The number of benzene rings is 1. The monoisotopic (exact) mass is 328 g/mol. The van der Waals surface area contributed by atoms with Crippen molar-refractivity contribution >= 4 is 17.5 Å². The van der Waals surface area contributed by atoms with Gasteiger partial charge >= 0.3 is 0 Å². The number of halogens is 2. The Balaban J connectivity index is 2.05. The van der Waals surface area contributed by atoms with Crippen molar-refractivity contribution in [3.8, 4) is 0 Å². The smallest absolute Gasteiger partial charge is 0.239 e. The van der Waals surface area contributed by atoms with E-state index in [2.05, 4.69) is 0 Å². The van der Waals surface area contributed by atoms with Gasteiger partial charge in [0.1, 0.15) is 11.9 Å². The SMILES string of the molecule is CC(C)C[C@H](N)C(=O)N1CCOC(c2ccc(F)c(Cl)c2)C1. The van der Waals surface area contributed by atoms with Crippen molar-refractivity contribution in [2.45, 2.75) is 32.4 Å². The maximum Gasteiger partial charge on any atom is 0.239 e. The van der Waals surface area contributed by atoms with E-state index in [1.54, 1.807) is 17.0 Å². The lowest BCUT2D eigenvalue weighted by Gasteiger charge is -2.35. The summed E-state index contributed by atoms with van der Waals surface area (Å²) in [4.78, 5) is 14.1. The lowest BCUT2D eigenvalue weighted by Crippen LogP contribution is -2.49. The van der Waals surface area contributed by atoms with E-state index in [1.165, 1.54) is 6.07 Å². The summed E-state index contributed by atoms with van der Waals surface area (Å²) >= 11 is 5.81. The molecule has 6 heteroatoms. The molecule has 1 aliphatic rings. The number of ether oxygens (including phenoxy) is 1. The van der Waals surface area contributed by atoms with Gasteiger partial charge in [-0.15, -0.1) is 0 Å². The molecule has 2 atom stereocenters. The van der Waals surface area contributed by atoms with Gasteiger partial charge in [-0.2, -0.15) is 0 Å². The van der Waals surface area contributed by atoms with Crippen molar-refractivity contribution < 1.29 is 13.9 Å². The standard InChI is InChI=1S/C16H22ClFN2O2/c1-10(2)7-14(19)16(21)20-5-6-22-15(9-20)11-3-4-13(18)12(17)8-11/h3-4,8,10,14-15H,5-7,9,19H2,1-2H3/t14-,15?/m0/s1. The maximum absolute atomic E-state index is 13.2. The molecule has 122 valence electrons. The van der Waals surface area contributed by atoms with Gasteiger partial charge < -0.3 is 15.4 Å². The molecule has 1 aromatic rings. The summed E-state index contributed by atoms with van der Waals surface area (Å²) in [6.07, 6.45) is 0.352. The predicted molar refractivity (Wildman–Crippen MR) is 84.1 cm³/mol. The van der Waals surface area contributed by atoms with Crippen LogP contribution >= 0.6 is 11.6 Å². The number of carbonyl (C=O) groups is 1. The minimum absolute atomic E-state index is 0.0565. The Hall–Kier alpha value is -1.17. The highest BCUT2D eigenvalue weighted by molar-refractivity contribution is 6.30. The topological polar surface area (TPSA) is 55.6 Å². The van der Waals surface area contributed by atoms with Crippen LogP contribution in [0.15, 0.2) is 18.2 Å². The first kappa shape index (κ1) is 17.2.